The van der Waals surface area contributed by atoms with Crippen molar-refractivity contribution in [3.05, 3.63) is 83.9 Å². The fourth-order valence-electron chi connectivity index (χ4n) is 3.05. The smallest absolute Gasteiger partial charge is 0.262 e. The van der Waals surface area contributed by atoms with Crippen LogP contribution in [0.3, 0.4) is 0 Å². The third kappa shape index (κ3) is 8.99. The number of thioether (sulfide) groups is 1. The van der Waals surface area contributed by atoms with Gasteiger partial charge in [-0.25, -0.2) is 0 Å². The second kappa shape index (κ2) is 14.4. The minimum absolute atomic E-state index is 0.166. The summed E-state index contributed by atoms with van der Waals surface area (Å²) < 4.78 is 16.8. The van der Waals surface area contributed by atoms with Crippen LogP contribution >= 0.6 is 11.8 Å². The van der Waals surface area contributed by atoms with Crippen LogP contribution in [0.5, 0.6) is 17.2 Å². The van der Waals surface area contributed by atoms with Gasteiger partial charge < -0.3 is 25.3 Å². The van der Waals surface area contributed by atoms with Crippen molar-refractivity contribution in [1.29, 1.82) is 0 Å². The monoisotopic (exact) mass is 506 g/mol. The van der Waals surface area contributed by atoms with E-state index in [0.717, 1.165) is 22.6 Å². The lowest BCUT2D eigenvalue weighted by Crippen LogP contribution is -2.20. The highest BCUT2D eigenvalue weighted by Gasteiger charge is 2.10. The molecule has 0 atom stereocenters. The molecule has 3 rings (SSSR count). The van der Waals surface area contributed by atoms with Crippen LogP contribution in [0.25, 0.3) is 0 Å². The van der Waals surface area contributed by atoms with Crippen molar-refractivity contribution in [1.82, 2.24) is 0 Å². The summed E-state index contributed by atoms with van der Waals surface area (Å²) in [5.74, 6) is 2.14. The van der Waals surface area contributed by atoms with Crippen LogP contribution in [0.2, 0.25) is 0 Å². The standard InChI is InChI=1S/C27H30N4O4S/c1-3-33-23-13-11-22(12-14-23)30-26(32)18-35-24-15-10-21(16-25(24)34-4-2)17-29-31-27(28)36-19-20-8-6-5-7-9-20/h5-17H,3-4,18-19H2,1-2H3,(H2,28,31)(H,30,32). The minimum atomic E-state index is -0.287. The largest absolute Gasteiger partial charge is 0.494 e. The number of nitrogens with zero attached hydrogens (tertiary/aromatic N) is 2. The average Bonchev–Trinajstić information content (AvgIpc) is 2.89. The second-order valence-corrected chi connectivity index (χ2v) is 8.39. The van der Waals surface area contributed by atoms with Crippen molar-refractivity contribution >= 4 is 34.7 Å². The molecule has 0 aliphatic carbocycles. The summed E-state index contributed by atoms with van der Waals surface area (Å²) in [6.07, 6.45) is 1.58. The summed E-state index contributed by atoms with van der Waals surface area (Å²) in [6, 6.07) is 22.5. The van der Waals surface area contributed by atoms with E-state index in [-0.39, 0.29) is 12.5 Å². The molecule has 1 amide bonds. The maximum absolute atomic E-state index is 12.3. The zero-order chi connectivity index (χ0) is 25.6. The molecule has 0 fully saturated rings. The number of carbonyl (C=O) groups excluding carboxylic acids is 1. The van der Waals surface area contributed by atoms with Crippen LogP contribution in [-0.2, 0) is 10.5 Å². The van der Waals surface area contributed by atoms with Gasteiger partial charge in [-0.05, 0) is 67.4 Å². The number of anilines is 1. The van der Waals surface area contributed by atoms with Gasteiger partial charge in [0.05, 0.1) is 19.4 Å². The summed E-state index contributed by atoms with van der Waals surface area (Å²) in [6.45, 7) is 4.65. The third-order valence-electron chi connectivity index (χ3n) is 4.67. The Balaban J connectivity index is 1.54. The van der Waals surface area contributed by atoms with Gasteiger partial charge in [-0.15, -0.1) is 5.10 Å². The number of carbonyl (C=O) groups is 1. The number of nitrogens with one attached hydrogen (secondary N) is 1. The minimum Gasteiger partial charge on any atom is -0.494 e. The molecule has 0 heterocycles. The molecule has 0 aliphatic heterocycles. The second-order valence-electron chi connectivity index (χ2n) is 7.39. The van der Waals surface area contributed by atoms with E-state index < -0.39 is 0 Å². The van der Waals surface area contributed by atoms with Gasteiger partial charge in [0, 0.05) is 11.4 Å². The highest BCUT2D eigenvalue weighted by atomic mass is 32.2. The molecule has 0 radical (unpaired) electrons. The third-order valence-corrected chi connectivity index (χ3v) is 5.52. The van der Waals surface area contributed by atoms with Gasteiger partial charge in [-0.1, -0.05) is 42.1 Å². The lowest BCUT2D eigenvalue weighted by Gasteiger charge is -2.13. The fourth-order valence-corrected chi connectivity index (χ4v) is 3.66. The Bertz CT molecular complexity index is 1170. The van der Waals surface area contributed by atoms with E-state index in [2.05, 4.69) is 15.5 Å². The zero-order valence-electron chi connectivity index (χ0n) is 20.3. The lowest BCUT2D eigenvalue weighted by atomic mass is 10.2. The van der Waals surface area contributed by atoms with Crippen LogP contribution in [0.4, 0.5) is 5.69 Å². The molecule has 3 N–H and O–H groups in total. The van der Waals surface area contributed by atoms with Gasteiger partial charge in [-0.2, -0.15) is 5.10 Å². The van der Waals surface area contributed by atoms with Gasteiger partial charge >= 0.3 is 0 Å². The summed E-state index contributed by atoms with van der Waals surface area (Å²) >= 11 is 1.42. The maximum atomic E-state index is 12.3. The molecular formula is C27H30N4O4S. The normalized spacial score (nSPS) is 11.3. The van der Waals surface area contributed by atoms with E-state index in [4.69, 9.17) is 19.9 Å². The molecule has 9 heteroatoms. The molecule has 0 spiro atoms. The molecule has 0 unspecified atom stereocenters. The van der Waals surface area contributed by atoms with Crippen LogP contribution in [0.1, 0.15) is 25.0 Å². The van der Waals surface area contributed by atoms with Crippen molar-refractivity contribution in [2.75, 3.05) is 25.1 Å². The van der Waals surface area contributed by atoms with E-state index in [1.807, 2.05) is 44.2 Å². The van der Waals surface area contributed by atoms with Crippen LogP contribution in [-0.4, -0.2) is 37.1 Å². The summed E-state index contributed by atoms with van der Waals surface area (Å²) in [7, 11) is 0. The maximum Gasteiger partial charge on any atom is 0.262 e. The molecule has 8 nitrogen and oxygen atoms in total. The molecular weight excluding hydrogens is 476 g/mol. The molecule has 36 heavy (non-hydrogen) atoms. The first-order chi connectivity index (χ1) is 17.6. The molecule has 0 saturated carbocycles. The summed E-state index contributed by atoms with van der Waals surface area (Å²) in [5.41, 5.74) is 8.52. The van der Waals surface area contributed by atoms with Crippen molar-refractivity contribution in [3.8, 4) is 17.2 Å². The van der Waals surface area contributed by atoms with Crippen molar-refractivity contribution in [3.63, 3.8) is 0 Å². The Hall–Kier alpha value is -3.98. The molecule has 3 aromatic carbocycles. The predicted octanol–water partition coefficient (Wildman–Crippen LogP) is 5.08. The Morgan fingerprint density at radius 2 is 1.69 bits per heavy atom. The molecule has 0 aromatic heterocycles. The van der Waals surface area contributed by atoms with Gasteiger partial charge in [-0.3, -0.25) is 4.79 Å². The van der Waals surface area contributed by atoms with Crippen molar-refractivity contribution in [2.45, 2.75) is 19.6 Å². The molecule has 188 valence electrons. The summed E-state index contributed by atoms with van der Waals surface area (Å²) in [5, 5.41) is 11.3. The number of nitrogens with two attached hydrogens (primary N) is 1. The SMILES string of the molecule is CCOc1ccc(NC(=O)COc2ccc(C=NN=C(N)SCc3ccccc3)cc2OCC)cc1. The van der Waals surface area contributed by atoms with E-state index in [1.54, 1.807) is 48.7 Å². The van der Waals surface area contributed by atoms with E-state index in [0.29, 0.717) is 35.6 Å². The Morgan fingerprint density at radius 1 is 0.944 bits per heavy atom. The van der Waals surface area contributed by atoms with E-state index in [9.17, 15) is 4.79 Å². The highest BCUT2D eigenvalue weighted by Crippen LogP contribution is 2.28. The van der Waals surface area contributed by atoms with Crippen LogP contribution in [0.15, 0.2) is 83.0 Å². The molecule has 3 aromatic rings. The quantitative estimate of drug-likeness (QED) is 0.201. The van der Waals surface area contributed by atoms with Crippen molar-refractivity contribution in [2.24, 2.45) is 15.9 Å². The Morgan fingerprint density at radius 3 is 2.42 bits per heavy atom. The van der Waals surface area contributed by atoms with Gasteiger partial charge in [0.2, 0.25) is 0 Å². The van der Waals surface area contributed by atoms with Gasteiger partial charge in [0.15, 0.2) is 23.3 Å². The summed E-state index contributed by atoms with van der Waals surface area (Å²) in [4.78, 5) is 12.3. The number of rotatable bonds is 12. The van der Waals surface area contributed by atoms with Crippen LogP contribution < -0.4 is 25.3 Å². The first-order valence-electron chi connectivity index (χ1n) is 11.5. The van der Waals surface area contributed by atoms with Crippen LogP contribution in [0, 0.1) is 0 Å². The van der Waals surface area contributed by atoms with E-state index in [1.165, 1.54) is 11.8 Å². The predicted molar refractivity (Wildman–Crippen MR) is 146 cm³/mol. The van der Waals surface area contributed by atoms with Gasteiger partial charge in [0.1, 0.15) is 5.75 Å². The fraction of sp³-hybridized carbons (Fsp3) is 0.222. The van der Waals surface area contributed by atoms with Crippen molar-refractivity contribution < 1.29 is 19.0 Å². The first-order valence-corrected chi connectivity index (χ1v) is 12.5. The number of benzene rings is 3. The van der Waals surface area contributed by atoms with Gasteiger partial charge in [0.25, 0.3) is 5.91 Å². The number of ether oxygens (including phenoxy) is 3. The number of amidine groups is 1. The molecule has 0 aliphatic rings. The molecule has 0 bridgehead atoms. The Labute approximate surface area is 215 Å². The first kappa shape index (κ1) is 26.6. The van der Waals surface area contributed by atoms with E-state index >= 15 is 0 Å². The lowest BCUT2D eigenvalue weighted by molar-refractivity contribution is -0.118. The number of hydrogen-bond donors (Lipinski definition) is 2. The number of amides is 1. The topological polar surface area (TPSA) is 108 Å². The Kier molecular flexibility index (Phi) is 10.7. The highest BCUT2D eigenvalue weighted by molar-refractivity contribution is 8.13. The zero-order valence-corrected chi connectivity index (χ0v) is 21.2. The molecule has 0 saturated heterocycles. The average molecular weight is 507 g/mol. The number of hydrogen-bond acceptors (Lipinski definition) is 7.